The summed E-state index contributed by atoms with van der Waals surface area (Å²) in [6.45, 7) is 3.04. The maximum Gasteiger partial charge on any atom is 0.0381 e. The van der Waals surface area contributed by atoms with Gasteiger partial charge < -0.3 is 5.32 Å². The lowest BCUT2D eigenvalue weighted by molar-refractivity contribution is 1.01. The first-order valence-corrected chi connectivity index (χ1v) is 6.44. The van der Waals surface area contributed by atoms with Crippen LogP contribution in [0.25, 0.3) is 0 Å². The van der Waals surface area contributed by atoms with E-state index < -0.39 is 0 Å². The number of anilines is 1. The molecular formula is C14H15BrN2. The topological polar surface area (TPSA) is 24.9 Å². The van der Waals surface area contributed by atoms with Crippen LogP contribution in [0.15, 0.2) is 47.2 Å². The molecule has 3 heteroatoms. The average Bonchev–Trinajstić information content (AvgIpc) is 2.36. The number of pyridine rings is 1. The minimum atomic E-state index is 0.932. The fourth-order valence-electron chi connectivity index (χ4n) is 1.69. The van der Waals surface area contributed by atoms with Gasteiger partial charge in [0.25, 0.3) is 0 Å². The van der Waals surface area contributed by atoms with Gasteiger partial charge in [0, 0.05) is 29.1 Å². The standard InChI is InChI=1S/C14H15BrN2/c1-11-13(15)3-2-4-14(11)17-10-7-12-5-8-16-9-6-12/h2-6,8-9,17H,7,10H2,1H3. The first-order chi connectivity index (χ1) is 8.27. The Hall–Kier alpha value is -1.35. The molecule has 0 fully saturated rings. The summed E-state index contributed by atoms with van der Waals surface area (Å²) < 4.78 is 1.14. The predicted molar refractivity (Wildman–Crippen MR) is 75.3 cm³/mol. The van der Waals surface area contributed by atoms with E-state index >= 15 is 0 Å². The number of nitrogens with one attached hydrogen (secondary N) is 1. The Balaban J connectivity index is 1.93. The van der Waals surface area contributed by atoms with Crippen LogP contribution in [0.2, 0.25) is 0 Å². The smallest absolute Gasteiger partial charge is 0.0381 e. The number of nitrogens with zero attached hydrogens (tertiary/aromatic N) is 1. The Morgan fingerprint density at radius 3 is 2.71 bits per heavy atom. The number of hydrogen-bond donors (Lipinski definition) is 1. The van der Waals surface area contributed by atoms with Crippen LogP contribution in [0.1, 0.15) is 11.1 Å². The summed E-state index contributed by atoms with van der Waals surface area (Å²) in [7, 11) is 0. The van der Waals surface area contributed by atoms with Crippen molar-refractivity contribution < 1.29 is 0 Å². The van der Waals surface area contributed by atoms with E-state index in [4.69, 9.17) is 0 Å². The number of halogens is 1. The molecule has 2 rings (SSSR count). The highest BCUT2D eigenvalue weighted by atomic mass is 79.9. The molecule has 88 valence electrons. The van der Waals surface area contributed by atoms with E-state index in [0.29, 0.717) is 0 Å². The molecule has 0 spiro atoms. The van der Waals surface area contributed by atoms with Gasteiger partial charge >= 0.3 is 0 Å². The lowest BCUT2D eigenvalue weighted by Gasteiger charge is -2.10. The normalized spacial score (nSPS) is 10.2. The second-order valence-corrected chi connectivity index (χ2v) is 4.80. The van der Waals surface area contributed by atoms with Gasteiger partial charge in [0.05, 0.1) is 0 Å². The maximum atomic E-state index is 4.01. The molecule has 0 amide bonds. The number of aromatic nitrogens is 1. The summed E-state index contributed by atoms with van der Waals surface area (Å²) in [6.07, 6.45) is 4.67. The lowest BCUT2D eigenvalue weighted by atomic mass is 10.1. The Kier molecular flexibility index (Phi) is 4.15. The third-order valence-corrected chi connectivity index (χ3v) is 3.61. The van der Waals surface area contributed by atoms with Crippen molar-refractivity contribution in [2.45, 2.75) is 13.3 Å². The molecule has 1 heterocycles. The molecule has 0 aliphatic carbocycles. The Morgan fingerprint density at radius 1 is 1.18 bits per heavy atom. The maximum absolute atomic E-state index is 4.01. The molecule has 2 aromatic rings. The zero-order valence-corrected chi connectivity index (χ0v) is 11.4. The molecule has 0 aliphatic heterocycles. The van der Waals surface area contributed by atoms with E-state index in [-0.39, 0.29) is 0 Å². The predicted octanol–water partition coefficient (Wildman–Crippen LogP) is 3.81. The average molecular weight is 291 g/mol. The lowest BCUT2D eigenvalue weighted by Crippen LogP contribution is -2.06. The molecule has 0 radical (unpaired) electrons. The van der Waals surface area contributed by atoms with Gasteiger partial charge in [0.1, 0.15) is 0 Å². The molecule has 1 N–H and O–H groups in total. The fraction of sp³-hybridized carbons (Fsp3) is 0.214. The summed E-state index contributed by atoms with van der Waals surface area (Å²) in [5, 5.41) is 3.45. The quantitative estimate of drug-likeness (QED) is 0.926. The van der Waals surface area contributed by atoms with Crippen molar-refractivity contribution in [2.24, 2.45) is 0 Å². The third kappa shape index (κ3) is 3.30. The second kappa shape index (κ2) is 5.82. The molecular weight excluding hydrogens is 276 g/mol. The van der Waals surface area contributed by atoms with Crippen LogP contribution in [0.5, 0.6) is 0 Å². The molecule has 0 saturated carbocycles. The van der Waals surface area contributed by atoms with E-state index in [1.165, 1.54) is 16.8 Å². The molecule has 0 atom stereocenters. The van der Waals surface area contributed by atoms with Gasteiger partial charge in [-0.15, -0.1) is 0 Å². The molecule has 0 saturated heterocycles. The summed E-state index contributed by atoms with van der Waals surface area (Å²) >= 11 is 3.53. The van der Waals surface area contributed by atoms with Gasteiger partial charge in [-0.05, 0) is 48.7 Å². The summed E-state index contributed by atoms with van der Waals surface area (Å²) in [5.74, 6) is 0. The van der Waals surface area contributed by atoms with Crippen LogP contribution in [0.3, 0.4) is 0 Å². The van der Waals surface area contributed by atoms with E-state index in [1.807, 2.05) is 18.5 Å². The highest BCUT2D eigenvalue weighted by Gasteiger charge is 2.00. The molecule has 2 nitrogen and oxygen atoms in total. The van der Waals surface area contributed by atoms with Gasteiger partial charge in [-0.1, -0.05) is 22.0 Å². The van der Waals surface area contributed by atoms with E-state index in [0.717, 1.165) is 17.4 Å². The van der Waals surface area contributed by atoms with Crippen LogP contribution in [0, 0.1) is 6.92 Å². The van der Waals surface area contributed by atoms with Gasteiger partial charge in [-0.3, -0.25) is 4.98 Å². The van der Waals surface area contributed by atoms with Crippen molar-refractivity contribution >= 4 is 21.6 Å². The molecule has 17 heavy (non-hydrogen) atoms. The zero-order valence-electron chi connectivity index (χ0n) is 9.78. The SMILES string of the molecule is Cc1c(Br)cccc1NCCc1ccncc1. The summed E-state index contributed by atoms with van der Waals surface area (Å²) in [4.78, 5) is 4.01. The van der Waals surface area contributed by atoms with Gasteiger partial charge in [0.15, 0.2) is 0 Å². The van der Waals surface area contributed by atoms with Crippen molar-refractivity contribution in [3.05, 3.63) is 58.3 Å². The molecule has 0 bridgehead atoms. The van der Waals surface area contributed by atoms with Crippen molar-refractivity contribution in [2.75, 3.05) is 11.9 Å². The molecule has 0 aliphatic rings. The van der Waals surface area contributed by atoms with Crippen LogP contribution in [-0.4, -0.2) is 11.5 Å². The van der Waals surface area contributed by atoms with Crippen molar-refractivity contribution in [1.82, 2.24) is 4.98 Å². The van der Waals surface area contributed by atoms with Crippen molar-refractivity contribution in [1.29, 1.82) is 0 Å². The monoisotopic (exact) mass is 290 g/mol. The minimum absolute atomic E-state index is 0.932. The number of benzene rings is 1. The van der Waals surface area contributed by atoms with E-state index in [9.17, 15) is 0 Å². The van der Waals surface area contributed by atoms with Gasteiger partial charge in [0.2, 0.25) is 0 Å². The second-order valence-electron chi connectivity index (χ2n) is 3.94. The van der Waals surface area contributed by atoms with Gasteiger partial charge in [-0.2, -0.15) is 0 Å². The Bertz CT molecular complexity index is 483. The van der Waals surface area contributed by atoms with Crippen LogP contribution in [0.4, 0.5) is 5.69 Å². The van der Waals surface area contributed by atoms with Crippen LogP contribution < -0.4 is 5.32 Å². The number of hydrogen-bond acceptors (Lipinski definition) is 2. The summed E-state index contributed by atoms with van der Waals surface area (Å²) in [5.41, 5.74) is 3.75. The molecule has 0 unspecified atom stereocenters. The number of rotatable bonds is 4. The van der Waals surface area contributed by atoms with E-state index in [1.54, 1.807) is 0 Å². The van der Waals surface area contributed by atoms with Crippen LogP contribution >= 0.6 is 15.9 Å². The third-order valence-electron chi connectivity index (χ3n) is 2.75. The summed E-state index contributed by atoms with van der Waals surface area (Å²) in [6, 6.07) is 10.3. The molecule has 1 aromatic carbocycles. The van der Waals surface area contributed by atoms with Crippen molar-refractivity contribution in [3.8, 4) is 0 Å². The highest BCUT2D eigenvalue weighted by molar-refractivity contribution is 9.10. The fourth-order valence-corrected chi connectivity index (χ4v) is 2.06. The van der Waals surface area contributed by atoms with Crippen molar-refractivity contribution in [3.63, 3.8) is 0 Å². The Labute approximate surface area is 110 Å². The highest BCUT2D eigenvalue weighted by Crippen LogP contribution is 2.23. The zero-order chi connectivity index (χ0) is 12.1. The molecule has 1 aromatic heterocycles. The Morgan fingerprint density at radius 2 is 1.94 bits per heavy atom. The first-order valence-electron chi connectivity index (χ1n) is 5.65. The van der Waals surface area contributed by atoms with Crippen LogP contribution in [-0.2, 0) is 6.42 Å². The minimum Gasteiger partial charge on any atom is -0.384 e. The van der Waals surface area contributed by atoms with E-state index in [2.05, 4.69) is 57.4 Å². The first kappa shape index (κ1) is 12.1. The van der Waals surface area contributed by atoms with Gasteiger partial charge in [-0.25, -0.2) is 0 Å². The largest absolute Gasteiger partial charge is 0.384 e.